The summed E-state index contributed by atoms with van der Waals surface area (Å²) in [4.78, 5) is 19.8. The molecular formula is C15H15N3O. The second-order valence-electron chi connectivity index (χ2n) is 4.27. The van der Waals surface area contributed by atoms with Crippen LogP contribution in [0.5, 0.6) is 0 Å². The van der Waals surface area contributed by atoms with Gasteiger partial charge in [0.25, 0.3) is 0 Å². The number of allylic oxidation sites excluding steroid dienone is 5. The number of anilines is 1. The van der Waals surface area contributed by atoms with E-state index in [1.807, 2.05) is 44.2 Å². The fraction of sp³-hybridized carbons (Fsp3) is 0.200. The lowest BCUT2D eigenvalue weighted by atomic mass is 10.1. The highest BCUT2D eigenvalue weighted by Gasteiger charge is 2.11. The predicted molar refractivity (Wildman–Crippen MR) is 75.6 cm³/mol. The van der Waals surface area contributed by atoms with Gasteiger partial charge in [-0.2, -0.15) is 0 Å². The molecule has 0 unspecified atom stereocenters. The van der Waals surface area contributed by atoms with Gasteiger partial charge in [-0.3, -0.25) is 10.1 Å². The SMILES string of the molecule is CC(=O)Nc1nc(C)c(C)c(C2=CC=CC=C=C2)n1. The molecule has 4 heteroatoms. The van der Waals surface area contributed by atoms with Crippen LogP contribution in [0.2, 0.25) is 0 Å². The van der Waals surface area contributed by atoms with Crippen LogP contribution in [0.25, 0.3) is 5.57 Å². The number of aromatic nitrogens is 2. The molecule has 0 bridgehead atoms. The maximum Gasteiger partial charge on any atom is 0.230 e. The Morgan fingerprint density at radius 3 is 2.79 bits per heavy atom. The second kappa shape index (κ2) is 5.46. The van der Waals surface area contributed by atoms with Gasteiger partial charge in [-0.25, -0.2) is 9.97 Å². The summed E-state index contributed by atoms with van der Waals surface area (Å²) in [5.74, 6) is 0.150. The Labute approximate surface area is 112 Å². The molecular weight excluding hydrogens is 238 g/mol. The van der Waals surface area contributed by atoms with Crippen LogP contribution in [0.1, 0.15) is 23.9 Å². The van der Waals surface area contributed by atoms with E-state index in [-0.39, 0.29) is 5.91 Å². The number of rotatable bonds is 2. The molecule has 0 aliphatic heterocycles. The summed E-state index contributed by atoms with van der Waals surface area (Å²) in [6, 6.07) is 0. The molecule has 1 aromatic rings. The molecule has 0 saturated heterocycles. The first-order valence-corrected chi connectivity index (χ1v) is 6.00. The van der Waals surface area contributed by atoms with Gasteiger partial charge in [0.15, 0.2) is 0 Å². The van der Waals surface area contributed by atoms with Crippen LogP contribution in [-0.2, 0) is 4.79 Å². The van der Waals surface area contributed by atoms with E-state index in [2.05, 4.69) is 21.0 Å². The number of amides is 1. The summed E-state index contributed by atoms with van der Waals surface area (Å²) in [7, 11) is 0. The van der Waals surface area contributed by atoms with Crippen LogP contribution in [0.15, 0.2) is 36.1 Å². The molecule has 1 aromatic heterocycles. The highest BCUT2D eigenvalue weighted by atomic mass is 16.1. The number of carbonyl (C=O) groups is 1. The molecule has 0 radical (unpaired) electrons. The van der Waals surface area contributed by atoms with E-state index < -0.39 is 0 Å². The van der Waals surface area contributed by atoms with E-state index in [1.54, 1.807) is 0 Å². The van der Waals surface area contributed by atoms with Gasteiger partial charge in [-0.1, -0.05) is 18.2 Å². The van der Waals surface area contributed by atoms with Crippen LogP contribution in [0.3, 0.4) is 0 Å². The first-order chi connectivity index (χ1) is 9.08. The summed E-state index contributed by atoms with van der Waals surface area (Å²) in [6.07, 6.45) is 9.50. The number of hydrogen-bond acceptors (Lipinski definition) is 3. The van der Waals surface area contributed by atoms with Crippen LogP contribution >= 0.6 is 0 Å². The number of nitrogens with one attached hydrogen (secondary N) is 1. The molecule has 0 atom stereocenters. The van der Waals surface area contributed by atoms with E-state index in [4.69, 9.17) is 0 Å². The van der Waals surface area contributed by atoms with Gasteiger partial charge in [0.2, 0.25) is 11.9 Å². The van der Waals surface area contributed by atoms with Crippen molar-refractivity contribution in [3.63, 3.8) is 0 Å². The first-order valence-electron chi connectivity index (χ1n) is 6.00. The Bertz CT molecular complexity index is 648. The average molecular weight is 253 g/mol. The Hall–Kier alpha value is -2.45. The van der Waals surface area contributed by atoms with Gasteiger partial charge in [0, 0.05) is 18.2 Å². The maximum atomic E-state index is 11.1. The van der Waals surface area contributed by atoms with E-state index in [0.717, 1.165) is 22.5 Å². The summed E-state index contributed by atoms with van der Waals surface area (Å²) in [5, 5.41) is 2.62. The number of carbonyl (C=O) groups excluding carboxylic acids is 1. The van der Waals surface area contributed by atoms with Crippen molar-refractivity contribution in [2.45, 2.75) is 20.8 Å². The Morgan fingerprint density at radius 2 is 2.05 bits per heavy atom. The molecule has 1 aliphatic carbocycles. The van der Waals surface area contributed by atoms with Crippen molar-refractivity contribution in [3.8, 4) is 0 Å². The van der Waals surface area contributed by atoms with E-state index >= 15 is 0 Å². The van der Waals surface area contributed by atoms with Gasteiger partial charge < -0.3 is 0 Å². The number of aryl methyl sites for hydroxylation is 1. The molecule has 0 fully saturated rings. The minimum atomic E-state index is -0.181. The second-order valence-corrected chi connectivity index (χ2v) is 4.27. The van der Waals surface area contributed by atoms with Crippen LogP contribution < -0.4 is 5.32 Å². The Morgan fingerprint density at radius 1 is 1.26 bits per heavy atom. The van der Waals surface area contributed by atoms with E-state index in [1.165, 1.54) is 6.92 Å². The lowest BCUT2D eigenvalue weighted by molar-refractivity contribution is -0.114. The molecule has 0 aromatic carbocycles. The van der Waals surface area contributed by atoms with E-state index in [9.17, 15) is 4.79 Å². The topological polar surface area (TPSA) is 54.9 Å². The minimum Gasteiger partial charge on any atom is -0.295 e. The third-order valence-corrected chi connectivity index (χ3v) is 2.77. The predicted octanol–water partition coefficient (Wildman–Crippen LogP) is 2.72. The molecule has 0 spiro atoms. The average Bonchev–Trinajstić information content (AvgIpc) is 2.61. The van der Waals surface area contributed by atoms with Gasteiger partial charge in [0.1, 0.15) is 0 Å². The van der Waals surface area contributed by atoms with Gasteiger partial charge in [-0.05, 0) is 31.6 Å². The van der Waals surface area contributed by atoms with Gasteiger partial charge >= 0.3 is 0 Å². The van der Waals surface area contributed by atoms with Gasteiger partial charge in [-0.15, -0.1) is 5.73 Å². The highest BCUT2D eigenvalue weighted by Crippen LogP contribution is 2.22. The van der Waals surface area contributed by atoms with Crippen LogP contribution in [0, 0.1) is 13.8 Å². The standard InChI is InChI=1S/C15H15N3O/c1-10-11(2)16-15(17-12(3)19)18-14(10)13-8-6-4-5-7-9-13/h4-6,8-9H,1-3H3,(H,16,17,18,19). The molecule has 1 N–H and O–H groups in total. The quantitative estimate of drug-likeness (QED) is 0.824. The molecule has 1 amide bonds. The van der Waals surface area contributed by atoms with Gasteiger partial charge in [0.05, 0.1) is 5.69 Å². The first kappa shape index (κ1) is 13.0. The normalized spacial score (nSPS) is 13.1. The fourth-order valence-corrected chi connectivity index (χ4v) is 1.73. The lowest BCUT2D eigenvalue weighted by Crippen LogP contribution is -2.12. The zero-order chi connectivity index (χ0) is 13.8. The Kier molecular flexibility index (Phi) is 3.74. The summed E-state index contributed by atoms with van der Waals surface area (Å²) >= 11 is 0. The van der Waals surface area contributed by atoms with Crippen molar-refractivity contribution in [3.05, 3.63) is 53.1 Å². The largest absolute Gasteiger partial charge is 0.295 e. The third kappa shape index (κ3) is 3.06. The zero-order valence-electron chi connectivity index (χ0n) is 11.2. The van der Waals surface area contributed by atoms with Crippen LogP contribution in [0.4, 0.5) is 5.95 Å². The number of nitrogens with zero attached hydrogens (tertiary/aromatic N) is 2. The molecule has 0 saturated carbocycles. The van der Waals surface area contributed by atoms with Crippen molar-refractivity contribution in [2.75, 3.05) is 5.32 Å². The molecule has 4 nitrogen and oxygen atoms in total. The monoisotopic (exact) mass is 253 g/mol. The van der Waals surface area contributed by atoms with Crippen molar-refractivity contribution in [2.24, 2.45) is 0 Å². The lowest BCUT2D eigenvalue weighted by Gasteiger charge is -2.10. The molecule has 19 heavy (non-hydrogen) atoms. The molecule has 1 heterocycles. The highest BCUT2D eigenvalue weighted by molar-refractivity contribution is 5.87. The van der Waals surface area contributed by atoms with Crippen molar-refractivity contribution >= 4 is 17.4 Å². The van der Waals surface area contributed by atoms with E-state index in [0.29, 0.717) is 5.95 Å². The molecule has 1 aliphatic rings. The maximum absolute atomic E-state index is 11.1. The molecule has 2 rings (SSSR count). The minimum absolute atomic E-state index is 0.181. The molecule has 96 valence electrons. The Balaban J connectivity index is 2.53. The van der Waals surface area contributed by atoms with Crippen molar-refractivity contribution in [1.82, 2.24) is 9.97 Å². The summed E-state index contributed by atoms with van der Waals surface area (Å²) < 4.78 is 0. The van der Waals surface area contributed by atoms with Crippen molar-refractivity contribution < 1.29 is 4.79 Å². The summed E-state index contributed by atoms with van der Waals surface area (Å²) in [5.41, 5.74) is 6.64. The summed E-state index contributed by atoms with van der Waals surface area (Å²) in [6.45, 7) is 5.31. The van der Waals surface area contributed by atoms with Crippen molar-refractivity contribution in [1.29, 1.82) is 0 Å². The fourth-order valence-electron chi connectivity index (χ4n) is 1.73. The van der Waals surface area contributed by atoms with Crippen LogP contribution in [-0.4, -0.2) is 15.9 Å². The third-order valence-electron chi connectivity index (χ3n) is 2.77. The zero-order valence-corrected chi connectivity index (χ0v) is 11.2. The smallest absolute Gasteiger partial charge is 0.230 e. The number of hydrogen-bond donors (Lipinski definition) is 1.